The van der Waals surface area contributed by atoms with E-state index in [9.17, 15) is 22.4 Å². The molecule has 4 nitrogen and oxygen atoms in total. The lowest BCUT2D eigenvalue weighted by Crippen LogP contribution is -2.26. The number of rotatable bonds is 1. The zero-order valence-electron chi connectivity index (χ0n) is 14.8. The van der Waals surface area contributed by atoms with Crippen molar-refractivity contribution in [3.05, 3.63) is 54.4 Å². The fourth-order valence-corrected chi connectivity index (χ4v) is 2.66. The molecule has 0 saturated carbocycles. The molecule has 3 rings (SSSR count). The highest BCUT2D eigenvalue weighted by molar-refractivity contribution is 5.90. The molecule has 142 valence electrons. The van der Waals surface area contributed by atoms with Gasteiger partial charge in [-0.3, -0.25) is 4.57 Å². The van der Waals surface area contributed by atoms with Crippen LogP contribution in [0.4, 0.5) is 22.4 Å². The summed E-state index contributed by atoms with van der Waals surface area (Å²) in [6.45, 7) is 5.15. The summed E-state index contributed by atoms with van der Waals surface area (Å²) in [5.74, 6) is -1.21. The number of halogens is 4. The lowest BCUT2D eigenvalue weighted by Gasteiger charge is -2.19. The van der Waals surface area contributed by atoms with Gasteiger partial charge >= 0.3 is 12.3 Å². The molecule has 27 heavy (non-hydrogen) atoms. The van der Waals surface area contributed by atoms with Gasteiger partial charge in [-0.1, -0.05) is 12.1 Å². The van der Waals surface area contributed by atoms with Gasteiger partial charge in [0.1, 0.15) is 5.60 Å². The highest BCUT2D eigenvalue weighted by Gasteiger charge is 2.35. The van der Waals surface area contributed by atoms with Crippen LogP contribution in [0.15, 0.2) is 42.9 Å². The van der Waals surface area contributed by atoms with Crippen LogP contribution in [0.1, 0.15) is 26.3 Å². The standard InChI is InChI=1S/C19H16F4N2O2/c1-18(2,3)27-17(26)25-9-12-5-4-11(8-13(12)10-25)15-14(19(21,22)23)6-7-24-16(15)20/h4-10H,1-3H3. The Bertz CT molecular complexity index is 1020. The second kappa shape index (κ2) is 6.37. The second-order valence-corrected chi connectivity index (χ2v) is 7.01. The zero-order valence-corrected chi connectivity index (χ0v) is 14.8. The van der Waals surface area contributed by atoms with Crippen LogP contribution >= 0.6 is 0 Å². The van der Waals surface area contributed by atoms with Crippen molar-refractivity contribution in [1.29, 1.82) is 0 Å². The number of hydrogen-bond acceptors (Lipinski definition) is 3. The van der Waals surface area contributed by atoms with Gasteiger partial charge in [-0.05, 0) is 38.5 Å². The molecule has 8 heteroatoms. The van der Waals surface area contributed by atoms with E-state index in [4.69, 9.17) is 4.74 Å². The summed E-state index contributed by atoms with van der Waals surface area (Å²) < 4.78 is 60.3. The van der Waals surface area contributed by atoms with Crippen molar-refractivity contribution in [2.75, 3.05) is 0 Å². The van der Waals surface area contributed by atoms with Crippen LogP contribution in [0.5, 0.6) is 0 Å². The molecule has 0 spiro atoms. The molecule has 0 N–H and O–H groups in total. The van der Waals surface area contributed by atoms with E-state index >= 15 is 0 Å². The van der Waals surface area contributed by atoms with Crippen LogP contribution in [0.3, 0.4) is 0 Å². The molecule has 0 atom stereocenters. The van der Waals surface area contributed by atoms with E-state index in [1.54, 1.807) is 20.8 Å². The van der Waals surface area contributed by atoms with Gasteiger partial charge in [0.05, 0.1) is 5.56 Å². The average molecular weight is 380 g/mol. The maximum atomic E-state index is 14.1. The molecule has 1 aromatic carbocycles. The summed E-state index contributed by atoms with van der Waals surface area (Å²) in [7, 11) is 0. The molecular formula is C19H16F4N2O2. The molecule has 0 fully saturated rings. The number of carbonyl (C=O) groups is 1. The lowest BCUT2D eigenvalue weighted by atomic mass is 9.99. The number of aromatic nitrogens is 2. The van der Waals surface area contributed by atoms with Gasteiger partial charge in [0.2, 0.25) is 5.95 Å². The van der Waals surface area contributed by atoms with Crippen LogP contribution in [0.2, 0.25) is 0 Å². The van der Waals surface area contributed by atoms with E-state index in [1.165, 1.54) is 35.2 Å². The van der Waals surface area contributed by atoms with Gasteiger partial charge < -0.3 is 4.74 Å². The first-order valence-electron chi connectivity index (χ1n) is 8.03. The summed E-state index contributed by atoms with van der Waals surface area (Å²) in [5.41, 5.74) is -2.42. The number of alkyl halides is 3. The van der Waals surface area contributed by atoms with Gasteiger partial charge in [-0.15, -0.1) is 0 Å². The van der Waals surface area contributed by atoms with Crippen LogP contribution in [-0.4, -0.2) is 21.2 Å². The Labute approximate surface area is 152 Å². The molecule has 0 unspecified atom stereocenters. The summed E-state index contributed by atoms with van der Waals surface area (Å²) in [6.07, 6.45) is -1.65. The second-order valence-electron chi connectivity index (χ2n) is 7.01. The van der Waals surface area contributed by atoms with Gasteiger partial charge in [0, 0.05) is 34.9 Å². The Morgan fingerprint density at radius 1 is 1.07 bits per heavy atom. The first kappa shape index (κ1) is 18.9. The normalized spacial score (nSPS) is 12.4. The van der Waals surface area contributed by atoms with Gasteiger partial charge in [0.15, 0.2) is 0 Å². The third-order valence-corrected chi connectivity index (χ3v) is 3.75. The molecule has 2 aromatic heterocycles. The predicted molar refractivity (Wildman–Crippen MR) is 91.8 cm³/mol. The topological polar surface area (TPSA) is 44.1 Å². The number of nitrogens with zero attached hydrogens (tertiary/aromatic N) is 2. The minimum Gasteiger partial charge on any atom is -0.443 e. The molecule has 0 radical (unpaired) electrons. The number of fused-ring (bicyclic) bond motifs is 1. The molecule has 0 amide bonds. The number of ether oxygens (including phenoxy) is 1. The largest absolute Gasteiger partial charge is 0.443 e. The number of hydrogen-bond donors (Lipinski definition) is 0. The van der Waals surface area contributed by atoms with Crippen LogP contribution in [0.25, 0.3) is 21.9 Å². The third-order valence-electron chi connectivity index (χ3n) is 3.75. The van der Waals surface area contributed by atoms with E-state index in [1.807, 2.05) is 0 Å². The SMILES string of the molecule is CC(C)(C)OC(=O)n1cc2ccc(-c3c(C(F)(F)F)ccnc3F)cc2c1. The van der Waals surface area contributed by atoms with Gasteiger partial charge in [-0.25, -0.2) is 9.78 Å². The highest BCUT2D eigenvalue weighted by atomic mass is 19.4. The van der Waals surface area contributed by atoms with Crippen LogP contribution in [-0.2, 0) is 10.9 Å². The first-order valence-corrected chi connectivity index (χ1v) is 8.03. The fraction of sp³-hybridized carbons (Fsp3) is 0.263. The third kappa shape index (κ3) is 3.94. The molecule has 0 aliphatic rings. The minimum absolute atomic E-state index is 0.0161. The maximum absolute atomic E-state index is 14.1. The lowest BCUT2D eigenvalue weighted by molar-refractivity contribution is -0.137. The number of pyridine rings is 1. The predicted octanol–water partition coefficient (Wildman–Crippen LogP) is 5.64. The van der Waals surface area contributed by atoms with E-state index in [-0.39, 0.29) is 5.56 Å². The molecule has 3 aromatic rings. The van der Waals surface area contributed by atoms with E-state index < -0.39 is 34.9 Å². The fourth-order valence-electron chi connectivity index (χ4n) is 2.66. The zero-order chi connectivity index (χ0) is 20.0. The molecule has 0 aliphatic heterocycles. The van der Waals surface area contributed by atoms with Crippen LogP contribution in [0, 0.1) is 5.95 Å². The molecule has 0 saturated heterocycles. The van der Waals surface area contributed by atoms with E-state index in [0.29, 0.717) is 10.8 Å². The summed E-state index contributed by atoms with van der Waals surface area (Å²) >= 11 is 0. The van der Waals surface area contributed by atoms with Crippen molar-refractivity contribution >= 4 is 16.9 Å². The van der Waals surface area contributed by atoms with E-state index in [2.05, 4.69) is 4.98 Å². The van der Waals surface area contributed by atoms with Crippen molar-refractivity contribution in [2.45, 2.75) is 32.5 Å². The van der Waals surface area contributed by atoms with Crippen molar-refractivity contribution in [3.8, 4) is 11.1 Å². The monoisotopic (exact) mass is 380 g/mol. The van der Waals surface area contributed by atoms with E-state index in [0.717, 1.165) is 12.3 Å². The minimum atomic E-state index is -4.73. The average Bonchev–Trinajstić information content (AvgIpc) is 2.95. The van der Waals surface area contributed by atoms with Crippen molar-refractivity contribution in [1.82, 2.24) is 9.55 Å². The Balaban J connectivity index is 2.08. The molecule has 0 bridgehead atoms. The molecular weight excluding hydrogens is 364 g/mol. The number of carbonyl (C=O) groups excluding carboxylic acids is 1. The molecule has 2 heterocycles. The van der Waals surface area contributed by atoms with Crippen molar-refractivity contribution < 1.29 is 27.1 Å². The first-order chi connectivity index (χ1) is 12.5. The summed E-state index contributed by atoms with van der Waals surface area (Å²) in [4.78, 5) is 15.5. The Kier molecular flexibility index (Phi) is 4.45. The molecule has 0 aliphatic carbocycles. The van der Waals surface area contributed by atoms with Gasteiger partial charge in [-0.2, -0.15) is 17.6 Å². The van der Waals surface area contributed by atoms with Crippen LogP contribution < -0.4 is 0 Å². The Morgan fingerprint density at radius 2 is 1.74 bits per heavy atom. The Morgan fingerprint density at radius 3 is 2.37 bits per heavy atom. The summed E-state index contributed by atoms with van der Waals surface area (Å²) in [5, 5.41) is 1.07. The summed E-state index contributed by atoms with van der Waals surface area (Å²) in [6, 6.07) is 4.98. The smallest absolute Gasteiger partial charge is 0.418 e. The van der Waals surface area contributed by atoms with Gasteiger partial charge in [0.25, 0.3) is 0 Å². The number of benzene rings is 1. The van der Waals surface area contributed by atoms with Crippen molar-refractivity contribution in [2.24, 2.45) is 0 Å². The highest BCUT2D eigenvalue weighted by Crippen LogP contribution is 2.38. The quantitative estimate of drug-likeness (QED) is 0.405. The van der Waals surface area contributed by atoms with Crippen molar-refractivity contribution in [3.63, 3.8) is 0 Å². The maximum Gasteiger partial charge on any atom is 0.418 e. The Hall–Kier alpha value is -2.90.